The van der Waals surface area contributed by atoms with Crippen molar-refractivity contribution in [1.82, 2.24) is 22.8 Å². The first-order valence-electron chi connectivity index (χ1n) is 54.5. The van der Waals surface area contributed by atoms with Gasteiger partial charge in [-0.15, -0.1) is 0 Å². The molecule has 0 aliphatic heterocycles. The molecule has 0 radical (unpaired) electrons. The van der Waals surface area contributed by atoms with E-state index in [0.717, 1.165) is 89.6 Å². The highest BCUT2D eigenvalue weighted by molar-refractivity contribution is 5.87. The zero-order valence-electron chi connectivity index (χ0n) is 96.6. The predicted octanol–water partition coefficient (Wildman–Crippen LogP) is 36.6. The van der Waals surface area contributed by atoms with Crippen molar-refractivity contribution in [2.75, 3.05) is 0 Å². The molecule has 150 heavy (non-hydrogen) atoms. The summed E-state index contributed by atoms with van der Waals surface area (Å²) in [5.74, 6) is 3.64. The first-order valence-corrected chi connectivity index (χ1v) is 52.0. The molecule has 0 saturated heterocycles. The molecule has 0 N–H and O–H groups in total. The van der Waals surface area contributed by atoms with Gasteiger partial charge in [0, 0.05) is 51.4 Å². The van der Waals surface area contributed by atoms with Gasteiger partial charge >= 0.3 is 0 Å². The molecule has 10 heteroatoms. The molecule has 20 aromatic rings. The lowest BCUT2D eigenvalue weighted by Gasteiger charge is -2.21. The van der Waals surface area contributed by atoms with Crippen molar-refractivity contribution in [3.05, 3.63) is 417 Å². The van der Waals surface area contributed by atoms with Gasteiger partial charge in [0.1, 0.15) is 28.4 Å². The van der Waals surface area contributed by atoms with Crippen LogP contribution in [0.3, 0.4) is 0 Å². The predicted molar refractivity (Wildman–Crippen MR) is 648 cm³/mol. The quantitative estimate of drug-likeness (QED) is 0.0683. The maximum Gasteiger partial charge on any atom is 0.295 e. The van der Waals surface area contributed by atoms with Crippen molar-refractivity contribution in [2.24, 2.45) is 35.2 Å². The van der Waals surface area contributed by atoms with Crippen LogP contribution in [0.5, 0.6) is 0 Å². The number of aryl methyl sites for hydroxylation is 10. The number of nitrogens with zero attached hydrogens (tertiary/aromatic N) is 10. The summed E-state index contributed by atoms with van der Waals surface area (Å²) in [4.78, 5) is 0. The van der Waals surface area contributed by atoms with E-state index in [1.807, 2.05) is 118 Å². The highest BCUT2D eigenvalue weighted by atomic mass is 15.2. The second-order valence-electron chi connectivity index (χ2n) is 42.2. The maximum absolute atomic E-state index is 9.16. The molecule has 10 nitrogen and oxygen atoms in total. The van der Waals surface area contributed by atoms with Crippen molar-refractivity contribution in [2.45, 2.75) is 269 Å². The number of aromatic nitrogens is 10. The van der Waals surface area contributed by atoms with Gasteiger partial charge in [0.05, 0.1) is 63.1 Å². The van der Waals surface area contributed by atoms with E-state index in [-0.39, 0.29) is 37.1 Å². The van der Waals surface area contributed by atoms with Crippen LogP contribution in [0.4, 0.5) is 0 Å². The average Bonchev–Trinajstić information content (AvgIpc) is 1.58. The van der Waals surface area contributed by atoms with E-state index in [4.69, 9.17) is 6.85 Å². The third-order valence-electron chi connectivity index (χ3n) is 29.2. The lowest BCUT2D eigenvalue weighted by atomic mass is 9.87. The van der Waals surface area contributed by atoms with E-state index in [9.17, 15) is 0 Å². The minimum Gasteiger partial charge on any atom is -0.225 e. The van der Waals surface area contributed by atoms with Gasteiger partial charge in [0.15, 0.2) is 55.2 Å². The molecule has 0 atom stereocenters. The molecule has 15 aromatic carbocycles. The van der Waals surface area contributed by atoms with E-state index in [1.165, 1.54) is 134 Å². The van der Waals surface area contributed by atoms with Gasteiger partial charge in [0.2, 0.25) is 0 Å². The zero-order chi connectivity index (χ0) is 108. The van der Waals surface area contributed by atoms with Gasteiger partial charge in [-0.3, -0.25) is 0 Å². The van der Waals surface area contributed by atoms with Crippen LogP contribution in [0.15, 0.2) is 334 Å². The van der Waals surface area contributed by atoms with Crippen molar-refractivity contribution < 1.29 is 29.7 Å². The standard InChI is InChI=1S/2C30H37N2.2C27H31N2.C21H19N2.5CH4/c2*1-19(2)23-17-25(20(3)4)29(26(18-23)21(5)6)32-28-16-12-11-15-27(28)31(8)30(32)24-14-10-9-13-22(24)7;2*1-18(2)21-14-11-15-22(19(3)4)26(21)29-25-17-10-9-16-24(25)28(6)27(29)23-13-8-7-12-20(23)5;1-16-10-6-7-13-18(16)21-22(2)19-14-8-9-15-20(19)23(21)17-11-4-3-5-12-17;;;;;/h2*9-21H,1-8H3;2*7-19H,1-6H3;3-15H,1-2H3;5*1H4/q5*+1;;;;;/i19D,20D,21D;;18D,19D;;;;;;;. The van der Waals surface area contributed by atoms with Crippen molar-refractivity contribution in [1.29, 1.82) is 0 Å². The molecule has 0 saturated carbocycles. The van der Waals surface area contributed by atoms with E-state index in [2.05, 4.69) is 470 Å². The summed E-state index contributed by atoms with van der Waals surface area (Å²) in [5.41, 5.74) is 41.1. The van der Waals surface area contributed by atoms with Gasteiger partial charge in [0.25, 0.3) is 29.1 Å². The number of imidazole rings is 5. The summed E-state index contributed by atoms with van der Waals surface area (Å²) in [7, 11) is 10.7. The molecule has 5 aromatic heterocycles. The second kappa shape index (κ2) is 49.4. The van der Waals surface area contributed by atoms with Gasteiger partial charge in [-0.2, -0.15) is 22.8 Å². The van der Waals surface area contributed by atoms with Gasteiger partial charge in [-0.25, -0.2) is 22.8 Å². The summed E-state index contributed by atoms with van der Waals surface area (Å²) in [6.07, 6.45) is 0. The Morgan fingerprint density at radius 2 is 0.387 bits per heavy atom. The van der Waals surface area contributed by atoms with Crippen LogP contribution in [0.2, 0.25) is 0 Å². The number of rotatable bonds is 20. The highest BCUT2D eigenvalue weighted by Gasteiger charge is 2.39. The Balaban J connectivity index is 0.000000182. The normalized spacial score (nSPS) is 12.2. The summed E-state index contributed by atoms with van der Waals surface area (Å²) in [6, 6.07) is 118. The number of hydrogen-bond acceptors (Lipinski definition) is 0. The van der Waals surface area contributed by atoms with Crippen LogP contribution in [0.1, 0.15) is 325 Å². The Bertz CT molecular complexity index is 8260. The smallest absolute Gasteiger partial charge is 0.225 e. The van der Waals surface area contributed by atoms with Crippen LogP contribution in [0.25, 0.3) is 141 Å². The number of benzene rings is 15. The lowest BCUT2D eigenvalue weighted by Crippen LogP contribution is -2.30. The first kappa shape index (κ1) is 108. The fourth-order valence-electron chi connectivity index (χ4n) is 21.4. The van der Waals surface area contributed by atoms with Crippen LogP contribution < -0.4 is 22.8 Å². The molecule has 0 aliphatic carbocycles. The fourth-order valence-corrected chi connectivity index (χ4v) is 21.4. The molecule has 0 spiro atoms. The minimum atomic E-state index is -0.941. The molecule has 0 amide bonds. The molecule has 0 fully saturated rings. The zero-order valence-corrected chi connectivity index (χ0v) is 91.6. The minimum absolute atomic E-state index is 0. The van der Waals surface area contributed by atoms with Gasteiger partial charge in [-0.1, -0.05) is 406 Å². The van der Waals surface area contributed by atoms with E-state index >= 15 is 0 Å². The third-order valence-corrected chi connectivity index (χ3v) is 29.2. The van der Waals surface area contributed by atoms with Crippen LogP contribution in [-0.4, -0.2) is 22.8 Å². The average molecular weight is 2000 g/mol. The molecule has 780 valence electrons. The summed E-state index contributed by atoms with van der Waals surface area (Å²) < 4.78 is 68.2. The number of hydrogen-bond donors (Lipinski definition) is 0. The SMILES string of the molecule is C.C.C.C.C.Cc1ccccc1-c1n(-c2c(C(C)C)cc(C(C)C)cc2C(C)C)c2ccccc2[n+]1C.Cc1ccccc1-c1n(-c2c(C(C)C)cccc2C(C)C)c2ccccc2[n+]1C.Cc1ccccc1-c1n(-c2ccccc2)c2ccccc2[n+]1C.[2H]C(C)(C)c1cc(C([2H])(C)C)c(-n2c(-c3ccccc3C)[n+](C)c3ccccc32)c(C([2H])(C)C)c1.[2H]C(C)(C)c1cccc(C([2H])(C)C)c1-n1c(-c2ccccc2C)[n+](C)c2ccccc21. The second-order valence-corrected chi connectivity index (χ2v) is 42.2. The van der Waals surface area contributed by atoms with Crippen molar-refractivity contribution in [3.63, 3.8) is 0 Å². The maximum atomic E-state index is 9.16. The van der Waals surface area contributed by atoms with E-state index < -0.39 is 29.5 Å². The molecule has 20 rings (SSSR count). The fraction of sp³-hybridized carbons (Fsp3) is 0.321. The summed E-state index contributed by atoms with van der Waals surface area (Å²) in [5, 5.41) is 0. The third kappa shape index (κ3) is 22.5. The first-order chi connectivity index (χ1) is 71.0. The molecule has 0 unspecified atom stereocenters. The van der Waals surface area contributed by atoms with E-state index in [1.54, 1.807) is 0 Å². The molecule has 5 heterocycles. The van der Waals surface area contributed by atoms with Gasteiger partial charge < -0.3 is 0 Å². The Morgan fingerprint density at radius 1 is 0.187 bits per heavy atom. The molecule has 0 bridgehead atoms. The van der Waals surface area contributed by atoms with E-state index in [0.29, 0.717) is 29.6 Å². The van der Waals surface area contributed by atoms with Gasteiger partial charge in [-0.05, 0) is 236 Å². The topological polar surface area (TPSA) is 44.0 Å². The van der Waals surface area contributed by atoms with Crippen LogP contribution in [0, 0.1) is 34.6 Å². The summed E-state index contributed by atoms with van der Waals surface area (Å²) in [6.45, 7) is 52.9. The Morgan fingerprint density at radius 3 is 0.627 bits per heavy atom. The molecular weight excluding hydrogens is 1820 g/mol. The van der Waals surface area contributed by atoms with Crippen LogP contribution >= 0.6 is 0 Å². The Labute approximate surface area is 908 Å². The summed E-state index contributed by atoms with van der Waals surface area (Å²) >= 11 is 0. The van der Waals surface area contributed by atoms with Crippen LogP contribution in [-0.2, 0) is 35.2 Å². The molecular formula is C140H175N10+5. The number of fused-ring (bicyclic) bond motifs is 5. The lowest BCUT2D eigenvalue weighted by molar-refractivity contribution is -0.634. The highest BCUT2D eigenvalue weighted by Crippen LogP contribution is 2.46. The molecule has 0 aliphatic rings. The van der Waals surface area contributed by atoms with Crippen molar-refractivity contribution >= 4 is 55.2 Å². The Kier molecular flexibility index (Phi) is 35.7. The Hall–Kier alpha value is -14.4. The largest absolute Gasteiger partial charge is 0.295 e. The monoisotopic (exact) mass is 2000 g/mol. The number of para-hydroxylation sites is 13. The van der Waals surface area contributed by atoms with Crippen molar-refractivity contribution in [3.8, 4) is 85.4 Å².